The summed E-state index contributed by atoms with van der Waals surface area (Å²) in [6, 6.07) is 0. The molecule has 0 fully saturated rings. The average Bonchev–Trinajstić information content (AvgIpc) is 2.15. The summed E-state index contributed by atoms with van der Waals surface area (Å²) in [4.78, 5) is 2.32. The Hall–Kier alpha value is -0.0300. The van der Waals surface area contributed by atoms with E-state index in [1.807, 2.05) is 0 Å². The van der Waals surface area contributed by atoms with E-state index in [0.717, 1.165) is 20.4 Å². The van der Waals surface area contributed by atoms with Gasteiger partial charge in [-0.25, -0.2) is 0 Å². The van der Waals surface area contributed by atoms with Gasteiger partial charge in [0.25, 0.3) is 0 Å². The van der Waals surface area contributed by atoms with Crippen LogP contribution in [0, 0.1) is 17.8 Å². The van der Waals surface area contributed by atoms with Gasteiger partial charge >= 0.3 is 0 Å². The molecule has 0 N–H and O–H groups in total. The zero-order valence-electron chi connectivity index (χ0n) is 11.3. The zero-order chi connectivity index (χ0) is 12.0. The summed E-state index contributed by atoms with van der Waals surface area (Å²) in [5.41, 5.74) is 1.26. The first kappa shape index (κ1) is 15.0. The summed E-state index contributed by atoms with van der Waals surface area (Å²) in [6.07, 6.45) is 2.53. The van der Waals surface area contributed by atoms with Gasteiger partial charge in [-0.2, -0.15) is 0 Å². The van der Waals surface area contributed by atoms with Gasteiger partial charge < -0.3 is 4.90 Å². The Bertz CT molecular complexity index is 187. The highest BCUT2D eigenvalue weighted by Gasteiger charge is 2.09. The van der Waals surface area contributed by atoms with Gasteiger partial charge in [-0.15, -0.1) is 8.58 Å². The van der Waals surface area contributed by atoms with Gasteiger partial charge in [0.1, 0.15) is 0 Å². The summed E-state index contributed by atoms with van der Waals surface area (Å²) >= 11 is 0. The molecule has 0 aromatic heterocycles. The molecule has 0 aliphatic heterocycles. The van der Waals surface area contributed by atoms with Crippen LogP contribution in [0.4, 0.5) is 0 Å². The molecule has 0 radical (unpaired) electrons. The highest BCUT2D eigenvalue weighted by atomic mass is 31.1. The van der Waals surface area contributed by atoms with E-state index in [4.69, 9.17) is 0 Å². The first-order valence-corrected chi connectivity index (χ1v) is 7.38. The van der Waals surface area contributed by atoms with Gasteiger partial charge in [0.05, 0.1) is 0 Å². The summed E-state index contributed by atoms with van der Waals surface area (Å²) in [5.74, 6) is 2.24. The lowest BCUT2D eigenvalue weighted by Crippen LogP contribution is -2.20. The fourth-order valence-corrected chi connectivity index (χ4v) is 2.83. The molecule has 0 aliphatic carbocycles. The van der Waals surface area contributed by atoms with Gasteiger partial charge in [-0.05, 0) is 23.9 Å². The molecule has 0 spiro atoms. The SMILES string of the molecule is C=C(C(C)C)N(C)CPCC(C)C(C)C. The van der Waals surface area contributed by atoms with E-state index < -0.39 is 0 Å². The van der Waals surface area contributed by atoms with Crippen molar-refractivity contribution in [2.75, 3.05) is 19.5 Å². The maximum Gasteiger partial charge on any atom is 0.0341 e. The number of rotatable bonds is 7. The summed E-state index contributed by atoms with van der Waals surface area (Å²) in [6.45, 7) is 15.5. The predicted octanol–water partition coefficient (Wildman–Crippen LogP) is 4.02. The Balaban J connectivity index is 3.73. The Morgan fingerprint density at radius 2 is 1.73 bits per heavy atom. The Labute approximate surface area is 98.1 Å². The molecule has 2 atom stereocenters. The van der Waals surface area contributed by atoms with Crippen LogP contribution in [0.5, 0.6) is 0 Å². The average molecular weight is 229 g/mol. The summed E-state index contributed by atoms with van der Waals surface area (Å²) < 4.78 is 0. The fraction of sp³-hybridized carbons (Fsp3) is 0.846. The molecule has 0 aromatic rings. The van der Waals surface area contributed by atoms with Crippen molar-refractivity contribution in [3.05, 3.63) is 12.3 Å². The molecule has 0 saturated carbocycles. The van der Waals surface area contributed by atoms with Gasteiger partial charge in [0, 0.05) is 19.0 Å². The van der Waals surface area contributed by atoms with Crippen LogP contribution in [0.2, 0.25) is 0 Å². The zero-order valence-corrected chi connectivity index (χ0v) is 12.3. The minimum atomic E-state index is 0.572. The lowest BCUT2D eigenvalue weighted by molar-refractivity contribution is 0.428. The molecule has 1 nitrogen and oxygen atoms in total. The van der Waals surface area contributed by atoms with Crippen LogP contribution in [-0.4, -0.2) is 24.4 Å². The second-order valence-corrected chi connectivity index (χ2v) is 6.40. The maximum atomic E-state index is 4.12. The minimum Gasteiger partial charge on any atom is -0.374 e. The van der Waals surface area contributed by atoms with Crippen molar-refractivity contribution >= 4 is 8.58 Å². The van der Waals surface area contributed by atoms with Crippen LogP contribution in [0.25, 0.3) is 0 Å². The predicted molar refractivity (Wildman–Crippen MR) is 73.8 cm³/mol. The monoisotopic (exact) mass is 229 g/mol. The molecule has 0 saturated heterocycles. The second-order valence-electron chi connectivity index (χ2n) is 5.18. The van der Waals surface area contributed by atoms with Crippen molar-refractivity contribution in [2.45, 2.75) is 34.6 Å². The third kappa shape index (κ3) is 6.20. The van der Waals surface area contributed by atoms with E-state index >= 15 is 0 Å². The highest BCUT2D eigenvalue weighted by molar-refractivity contribution is 7.37. The van der Waals surface area contributed by atoms with Gasteiger partial charge in [0.15, 0.2) is 0 Å². The molecule has 0 heterocycles. The standard InChI is InChI=1S/C13H28NP/c1-10(2)12(5)8-15-9-14(7)13(6)11(3)4/h10-12,15H,6,8-9H2,1-5,7H3. The first-order chi connectivity index (χ1) is 6.86. The van der Waals surface area contributed by atoms with Crippen LogP contribution in [0.3, 0.4) is 0 Å². The van der Waals surface area contributed by atoms with Crippen molar-refractivity contribution in [2.24, 2.45) is 17.8 Å². The second kappa shape index (κ2) is 7.28. The lowest BCUT2D eigenvalue weighted by atomic mass is 10.0. The van der Waals surface area contributed by atoms with Gasteiger partial charge in [0.2, 0.25) is 0 Å². The third-order valence-corrected chi connectivity index (χ3v) is 4.74. The molecule has 90 valence electrons. The molecule has 2 unspecified atom stereocenters. The normalized spacial score (nSPS) is 14.1. The molecule has 0 bridgehead atoms. The van der Waals surface area contributed by atoms with Crippen molar-refractivity contribution in [3.8, 4) is 0 Å². The number of allylic oxidation sites excluding steroid dienone is 1. The number of hydrogen-bond donors (Lipinski definition) is 0. The quantitative estimate of drug-likeness (QED) is 0.596. The Kier molecular flexibility index (Phi) is 7.26. The summed E-state index contributed by atoms with van der Waals surface area (Å²) in [5, 5.41) is 0. The van der Waals surface area contributed by atoms with Crippen LogP contribution in [-0.2, 0) is 0 Å². The van der Waals surface area contributed by atoms with E-state index in [0.29, 0.717) is 5.92 Å². The van der Waals surface area contributed by atoms with Crippen molar-refractivity contribution in [1.82, 2.24) is 4.90 Å². The largest absolute Gasteiger partial charge is 0.374 e. The lowest BCUT2D eigenvalue weighted by Gasteiger charge is -2.25. The maximum absolute atomic E-state index is 4.12. The smallest absolute Gasteiger partial charge is 0.0341 e. The molecule has 0 amide bonds. The van der Waals surface area contributed by atoms with Crippen LogP contribution < -0.4 is 0 Å². The van der Waals surface area contributed by atoms with Crippen molar-refractivity contribution < 1.29 is 0 Å². The van der Waals surface area contributed by atoms with E-state index in [1.54, 1.807) is 0 Å². The molecule has 0 rings (SSSR count). The van der Waals surface area contributed by atoms with Crippen molar-refractivity contribution in [1.29, 1.82) is 0 Å². The molecule has 0 aliphatic rings. The summed E-state index contributed by atoms with van der Waals surface area (Å²) in [7, 11) is 3.20. The molecule has 15 heavy (non-hydrogen) atoms. The van der Waals surface area contributed by atoms with Gasteiger partial charge in [-0.3, -0.25) is 0 Å². The molecular weight excluding hydrogens is 201 g/mol. The minimum absolute atomic E-state index is 0.572. The topological polar surface area (TPSA) is 3.24 Å². The number of hydrogen-bond acceptors (Lipinski definition) is 1. The molecule has 2 heteroatoms. The van der Waals surface area contributed by atoms with E-state index in [9.17, 15) is 0 Å². The van der Waals surface area contributed by atoms with Crippen molar-refractivity contribution in [3.63, 3.8) is 0 Å². The third-order valence-electron chi connectivity index (χ3n) is 3.11. The van der Waals surface area contributed by atoms with E-state index in [2.05, 4.69) is 53.1 Å². The molecular formula is C13H28NP. The van der Waals surface area contributed by atoms with E-state index in [1.165, 1.54) is 18.1 Å². The van der Waals surface area contributed by atoms with Crippen LogP contribution in [0.15, 0.2) is 12.3 Å². The van der Waals surface area contributed by atoms with Gasteiger partial charge in [-0.1, -0.05) is 41.2 Å². The van der Waals surface area contributed by atoms with Crippen LogP contribution >= 0.6 is 8.58 Å². The first-order valence-electron chi connectivity index (χ1n) is 5.96. The molecule has 0 aromatic carbocycles. The Morgan fingerprint density at radius 1 is 1.20 bits per heavy atom. The number of nitrogens with zero attached hydrogens (tertiary/aromatic N) is 1. The van der Waals surface area contributed by atoms with Crippen LogP contribution in [0.1, 0.15) is 34.6 Å². The fourth-order valence-electron chi connectivity index (χ4n) is 1.24. The Morgan fingerprint density at radius 3 is 2.13 bits per heavy atom. The highest BCUT2D eigenvalue weighted by Crippen LogP contribution is 2.23. The van der Waals surface area contributed by atoms with E-state index in [-0.39, 0.29) is 0 Å².